The molecule has 1 aromatic heterocycles. The molecule has 1 aromatic carbocycles. The van der Waals surface area contributed by atoms with Gasteiger partial charge in [0.05, 0.1) is 12.3 Å². The van der Waals surface area contributed by atoms with E-state index in [1.807, 2.05) is 30.3 Å². The van der Waals surface area contributed by atoms with Crippen molar-refractivity contribution in [2.45, 2.75) is 25.3 Å². The van der Waals surface area contributed by atoms with E-state index in [4.69, 9.17) is 21.2 Å². The number of aromatic nitrogens is 1. The van der Waals surface area contributed by atoms with Crippen LogP contribution in [0.5, 0.6) is 0 Å². The van der Waals surface area contributed by atoms with Crippen LogP contribution in [0, 0.1) is 0 Å². The van der Waals surface area contributed by atoms with Crippen molar-refractivity contribution in [1.29, 1.82) is 0 Å². The maximum absolute atomic E-state index is 11.8. The summed E-state index contributed by atoms with van der Waals surface area (Å²) in [6.07, 6.45) is 4.58. The maximum atomic E-state index is 11.8. The molecule has 0 radical (unpaired) electrons. The summed E-state index contributed by atoms with van der Waals surface area (Å²) < 4.78 is 5.09. The van der Waals surface area contributed by atoms with Crippen molar-refractivity contribution in [2.75, 3.05) is 13.7 Å². The van der Waals surface area contributed by atoms with Crippen molar-refractivity contribution in [3.05, 3.63) is 54.1 Å². The van der Waals surface area contributed by atoms with Gasteiger partial charge in [-0.1, -0.05) is 35.5 Å². The Morgan fingerprint density at radius 1 is 1.42 bits per heavy atom. The Bertz CT molecular complexity index is 723. The first-order valence-corrected chi connectivity index (χ1v) is 8.38. The molecule has 1 fully saturated rings. The number of aliphatic hydroxyl groups excluding tert-OH is 1. The molecule has 140 valence electrons. The second-order valence-corrected chi connectivity index (χ2v) is 5.97. The summed E-state index contributed by atoms with van der Waals surface area (Å²) in [5, 5.41) is 16.5. The zero-order valence-corrected chi connectivity index (χ0v) is 14.8. The monoisotopic (exact) mass is 359 g/mol. The minimum Gasteiger partial charge on any atom is -0.403 e. The molecule has 0 aliphatic heterocycles. The topological polar surface area (TPSA) is 131 Å². The fourth-order valence-electron chi connectivity index (χ4n) is 2.22. The Hall–Kier alpha value is -2.84. The van der Waals surface area contributed by atoms with Crippen LogP contribution in [-0.2, 0) is 0 Å². The van der Waals surface area contributed by atoms with Crippen molar-refractivity contribution in [3.63, 3.8) is 0 Å². The highest BCUT2D eigenvalue weighted by Gasteiger charge is 2.22. The highest BCUT2D eigenvalue weighted by Crippen LogP contribution is 2.21. The minimum absolute atomic E-state index is 0.122. The Labute approximate surface area is 152 Å². The standard InChI is InChI=1S/C14H14N2O2.C4H11N3O/c17-14(15-11-7-4-8-11)13-9-12(16-18-13)10-5-2-1-3-6-10;1-7(6)4(2-5)3-8/h1-3,5-6,9,11H,4,7-8H2,(H,15,17);2,8H,3,5-6H2,1H3/b;4-2-. The van der Waals surface area contributed by atoms with E-state index in [1.54, 1.807) is 13.1 Å². The van der Waals surface area contributed by atoms with Gasteiger partial charge in [0.15, 0.2) is 0 Å². The Morgan fingerprint density at radius 3 is 2.58 bits per heavy atom. The molecule has 2 aromatic rings. The van der Waals surface area contributed by atoms with Crippen LogP contribution in [-0.4, -0.2) is 40.9 Å². The van der Waals surface area contributed by atoms with Crippen molar-refractivity contribution < 1.29 is 14.4 Å². The second kappa shape index (κ2) is 9.59. The Kier molecular flexibility index (Phi) is 7.19. The van der Waals surface area contributed by atoms with Gasteiger partial charge in [-0.25, -0.2) is 5.84 Å². The summed E-state index contributed by atoms with van der Waals surface area (Å²) in [6.45, 7) is -0.122. The maximum Gasteiger partial charge on any atom is 0.290 e. The molecule has 0 unspecified atom stereocenters. The first-order chi connectivity index (χ1) is 12.5. The number of aliphatic hydroxyl groups is 1. The van der Waals surface area contributed by atoms with Crippen LogP contribution in [0.2, 0.25) is 0 Å². The summed E-state index contributed by atoms with van der Waals surface area (Å²) in [5.74, 6) is 5.29. The molecule has 8 nitrogen and oxygen atoms in total. The van der Waals surface area contributed by atoms with Gasteiger partial charge in [0.25, 0.3) is 5.91 Å². The summed E-state index contributed by atoms with van der Waals surface area (Å²) in [5.41, 5.74) is 7.18. The lowest BCUT2D eigenvalue weighted by atomic mass is 9.93. The van der Waals surface area contributed by atoms with Crippen LogP contribution in [0.3, 0.4) is 0 Å². The van der Waals surface area contributed by atoms with E-state index in [0.29, 0.717) is 17.4 Å². The summed E-state index contributed by atoms with van der Waals surface area (Å²) >= 11 is 0. The molecule has 0 saturated heterocycles. The number of hydrogen-bond acceptors (Lipinski definition) is 7. The van der Waals surface area contributed by atoms with Gasteiger partial charge in [-0.3, -0.25) is 4.79 Å². The second-order valence-electron chi connectivity index (χ2n) is 5.97. The summed E-state index contributed by atoms with van der Waals surface area (Å²) in [7, 11) is 1.61. The van der Waals surface area contributed by atoms with Crippen LogP contribution in [0.25, 0.3) is 11.3 Å². The molecule has 0 atom stereocenters. The smallest absolute Gasteiger partial charge is 0.290 e. The highest BCUT2D eigenvalue weighted by molar-refractivity contribution is 5.92. The molecule has 0 bridgehead atoms. The van der Waals surface area contributed by atoms with Gasteiger partial charge in [0.1, 0.15) is 5.69 Å². The van der Waals surface area contributed by atoms with E-state index in [9.17, 15) is 4.79 Å². The molecule has 6 N–H and O–H groups in total. The number of nitrogens with one attached hydrogen (secondary N) is 1. The van der Waals surface area contributed by atoms with Gasteiger partial charge < -0.3 is 25.7 Å². The van der Waals surface area contributed by atoms with E-state index >= 15 is 0 Å². The third-order valence-corrected chi connectivity index (χ3v) is 4.05. The molecule has 8 heteroatoms. The molecular formula is C18H25N5O3. The van der Waals surface area contributed by atoms with E-state index in [2.05, 4.69) is 10.5 Å². The van der Waals surface area contributed by atoms with Crippen LogP contribution in [0.15, 0.2) is 52.8 Å². The number of nitrogens with zero attached hydrogens (tertiary/aromatic N) is 2. The highest BCUT2D eigenvalue weighted by atomic mass is 16.5. The van der Waals surface area contributed by atoms with E-state index in [1.165, 1.54) is 17.6 Å². The van der Waals surface area contributed by atoms with Crippen molar-refractivity contribution in [1.82, 2.24) is 15.5 Å². The predicted molar refractivity (Wildman–Crippen MR) is 98.4 cm³/mol. The number of rotatable bonds is 5. The molecule has 1 heterocycles. The van der Waals surface area contributed by atoms with Crippen molar-refractivity contribution in [3.8, 4) is 11.3 Å². The van der Waals surface area contributed by atoms with Gasteiger partial charge >= 0.3 is 0 Å². The molecular weight excluding hydrogens is 334 g/mol. The number of hydrazine groups is 1. The van der Waals surface area contributed by atoms with Gasteiger partial charge in [0, 0.05) is 30.9 Å². The van der Waals surface area contributed by atoms with Gasteiger partial charge in [-0.15, -0.1) is 0 Å². The number of hydrogen-bond donors (Lipinski definition) is 4. The van der Waals surface area contributed by atoms with Crippen LogP contribution in [0.1, 0.15) is 29.8 Å². The molecule has 1 aliphatic carbocycles. The molecule has 1 aliphatic rings. The van der Waals surface area contributed by atoms with Crippen molar-refractivity contribution in [2.24, 2.45) is 11.6 Å². The lowest BCUT2D eigenvalue weighted by Gasteiger charge is -2.25. The van der Waals surface area contributed by atoms with Gasteiger partial charge in [-0.05, 0) is 19.3 Å². The Morgan fingerprint density at radius 2 is 2.12 bits per heavy atom. The molecule has 1 saturated carbocycles. The number of benzene rings is 1. The minimum atomic E-state index is -0.172. The third kappa shape index (κ3) is 5.33. The number of nitrogens with two attached hydrogens (primary N) is 2. The largest absolute Gasteiger partial charge is 0.403 e. The fourth-order valence-corrected chi connectivity index (χ4v) is 2.22. The third-order valence-electron chi connectivity index (χ3n) is 4.05. The summed E-state index contributed by atoms with van der Waals surface area (Å²) in [4.78, 5) is 11.8. The van der Waals surface area contributed by atoms with E-state index < -0.39 is 0 Å². The lowest BCUT2D eigenvalue weighted by molar-refractivity contribution is 0.0879. The zero-order valence-electron chi connectivity index (χ0n) is 14.8. The van der Waals surface area contributed by atoms with E-state index in [0.717, 1.165) is 18.4 Å². The summed E-state index contributed by atoms with van der Waals surface area (Å²) in [6, 6.07) is 11.7. The number of carbonyl (C=O) groups is 1. The van der Waals surface area contributed by atoms with E-state index in [-0.39, 0.29) is 18.3 Å². The Balaban J connectivity index is 0.000000260. The normalized spacial score (nSPS) is 14.0. The molecule has 26 heavy (non-hydrogen) atoms. The zero-order chi connectivity index (χ0) is 18.9. The van der Waals surface area contributed by atoms with Gasteiger partial charge in [-0.2, -0.15) is 0 Å². The van der Waals surface area contributed by atoms with Crippen molar-refractivity contribution >= 4 is 5.91 Å². The molecule has 3 rings (SSSR count). The van der Waals surface area contributed by atoms with Crippen LogP contribution in [0.4, 0.5) is 0 Å². The lowest BCUT2D eigenvalue weighted by Crippen LogP contribution is -2.39. The SMILES string of the molecule is CN(N)/C(=C\N)CO.O=C(NC1CCC1)c1cc(-c2ccccc2)no1. The first-order valence-electron chi connectivity index (χ1n) is 8.38. The predicted octanol–water partition coefficient (Wildman–Crippen LogP) is 1.21. The fraction of sp³-hybridized carbons (Fsp3) is 0.333. The van der Waals surface area contributed by atoms with Crippen LogP contribution >= 0.6 is 0 Å². The average molecular weight is 359 g/mol. The number of likely N-dealkylation sites (N-methyl/N-ethyl adjacent to an activating group) is 1. The quantitative estimate of drug-likeness (QED) is 0.466. The van der Waals surface area contributed by atoms with Gasteiger partial charge in [0.2, 0.25) is 5.76 Å². The number of amides is 1. The average Bonchev–Trinajstić information content (AvgIpc) is 3.10. The first kappa shape index (κ1) is 19.5. The van der Waals surface area contributed by atoms with Crippen LogP contribution < -0.4 is 16.9 Å². The molecule has 0 spiro atoms. The molecule has 1 amide bonds. The number of carbonyl (C=O) groups excluding carboxylic acids is 1.